The van der Waals surface area contributed by atoms with E-state index < -0.39 is 23.4 Å². The summed E-state index contributed by atoms with van der Waals surface area (Å²) in [5.74, 6) is -1.17. The van der Waals surface area contributed by atoms with Crippen LogP contribution in [-0.4, -0.2) is 23.4 Å². The molecular weight excluding hydrogens is 360 g/mol. The molecule has 0 aliphatic heterocycles. The van der Waals surface area contributed by atoms with Crippen molar-refractivity contribution in [3.05, 3.63) is 81.4 Å². The number of esters is 1. The first kappa shape index (κ1) is 20.8. The molecule has 28 heavy (non-hydrogen) atoms. The number of para-hydroxylation sites is 1. The number of nitro benzene ring substituents is 1. The Labute approximate surface area is 163 Å². The Hall–Kier alpha value is -3.48. The van der Waals surface area contributed by atoms with E-state index in [1.54, 1.807) is 6.07 Å². The Kier molecular flexibility index (Phi) is 7.45. The van der Waals surface area contributed by atoms with Crippen molar-refractivity contribution in [3.63, 3.8) is 0 Å². The van der Waals surface area contributed by atoms with E-state index in [4.69, 9.17) is 4.74 Å². The summed E-state index contributed by atoms with van der Waals surface area (Å²) in [6, 6.07) is 13.7. The minimum absolute atomic E-state index is 0.117. The second-order valence-corrected chi connectivity index (χ2v) is 6.20. The predicted molar refractivity (Wildman–Crippen MR) is 105 cm³/mol. The number of aryl methyl sites for hydroxylation is 1. The van der Waals surface area contributed by atoms with Crippen LogP contribution in [0.5, 0.6) is 0 Å². The molecule has 7 heteroatoms. The average Bonchev–Trinajstić information content (AvgIpc) is 2.69. The summed E-state index contributed by atoms with van der Waals surface area (Å²) < 4.78 is 4.92. The van der Waals surface area contributed by atoms with Crippen molar-refractivity contribution < 1.29 is 19.2 Å². The molecule has 0 unspecified atom stereocenters. The number of benzene rings is 2. The fourth-order valence-electron chi connectivity index (χ4n) is 2.59. The minimum atomic E-state index is -0.753. The van der Waals surface area contributed by atoms with E-state index in [9.17, 15) is 19.7 Å². The van der Waals surface area contributed by atoms with Crippen molar-refractivity contribution in [2.45, 2.75) is 26.3 Å². The summed E-state index contributed by atoms with van der Waals surface area (Å²) in [5, 5.41) is 13.8. The lowest BCUT2D eigenvalue weighted by Gasteiger charge is -2.17. The molecule has 146 valence electrons. The van der Waals surface area contributed by atoms with Crippen molar-refractivity contribution in [3.8, 4) is 0 Å². The van der Waals surface area contributed by atoms with Crippen LogP contribution >= 0.6 is 0 Å². The van der Waals surface area contributed by atoms with Crippen LogP contribution in [0.25, 0.3) is 6.08 Å². The van der Waals surface area contributed by atoms with Crippen LogP contribution in [0.15, 0.2) is 54.6 Å². The largest absolute Gasteiger partial charge is 0.452 e. The Morgan fingerprint density at radius 1 is 1.18 bits per heavy atom. The monoisotopic (exact) mass is 382 g/mol. The summed E-state index contributed by atoms with van der Waals surface area (Å²) >= 11 is 0. The lowest BCUT2D eigenvalue weighted by atomic mass is 10.0. The first-order valence-corrected chi connectivity index (χ1v) is 8.85. The third-order valence-electron chi connectivity index (χ3n) is 4.10. The third-order valence-corrected chi connectivity index (χ3v) is 4.10. The van der Waals surface area contributed by atoms with Gasteiger partial charge in [-0.3, -0.25) is 14.9 Å². The molecule has 0 spiro atoms. The van der Waals surface area contributed by atoms with Crippen LogP contribution in [-0.2, 0) is 14.3 Å². The molecule has 0 aliphatic carbocycles. The minimum Gasteiger partial charge on any atom is -0.452 e. The molecule has 2 rings (SSSR count). The lowest BCUT2D eigenvalue weighted by Crippen LogP contribution is -2.32. The van der Waals surface area contributed by atoms with E-state index in [0.29, 0.717) is 6.42 Å². The van der Waals surface area contributed by atoms with Gasteiger partial charge < -0.3 is 10.1 Å². The molecule has 0 bridgehead atoms. The number of ether oxygens (including phenoxy) is 1. The van der Waals surface area contributed by atoms with Crippen LogP contribution in [0.3, 0.4) is 0 Å². The first-order valence-electron chi connectivity index (χ1n) is 8.85. The fraction of sp³-hybridized carbons (Fsp3) is 0.238. The Balaban J connectivity index is 1.89. The standard InChI is InChI=1S/C21H22N2O5/c1-3-18(16-10-8-15(2)9-11-16)22-20(24)14-28-21(25)13-12-17-6-4-5-7-19(17)23(26)27/h4-13,18H,3,14H2,1-2H3,(H,22,24)/b13-12+/t18-/m1/s1. The molecule has 0 radical (unpaired) electrons. The maximum absolute atomic E-state index is 12.1. The molecule has 1 N–H and O–H groups in total. The zero-order valence-electron chi connectivity index (χ0n) is 15.8. The number of nitro groups is 1. The van der Waals surface area contributed by atoms with Gasteiger partial charge in [-0.1, -0.05) is 48.9 Å². The molecule has 0 aliphatic rings. The van der Waals surface area contributed by atoms with Gasteiger partial charge >= 0.3 is 5.97 Å². The van der Waals surface area contributed by atoms with Crippen LogP contribution in [0.1, 0.15) is 36.1 Å². The molecular formula is C21H22N2O5. The zero-order valence-corrected chi connectivity index (χ0v) is 15.8. The summed E-state index contributed by atoms with van der Waals surface area (Å²) in [4.78, 5) is 34.3. The molecule has 2 aromatic carbocycles. The van der Waals surface area contributed by atoms with E-state index >= 15 is 0 Å². The van der Waals surface area contributed by atoms with Crippen molar-refractivity contribution in [2.75, 3.05) is 6.61 Å². The second kappa shape index (κ2) is 10.0. The number of carbonyl (C=O) groups excluding carboxylic acids is 2. The van der Waals surface area contributed by atoms with Crippen molar-refractivity contribution in [1.82, 2.24) is 5.32 Å². The number of nitrogens with zero attached hydrogens (tertiary/aromatic N) is 1. The van der Waals surface area contributed by atoms with E-state index in [-0.39, 0.29) is 17.3 Å². The second-order valence-electron chi connectivity index (χ2n) is 6.20. The summed E-state index contributed by atoms with van der Waals surface area (Å²) in [6.45, 7) is 3.51. The highest BCUT2D eigenvalue weighted by molar-refractivity contribution is 5.90. The topological polar surface area (TPSA) is 98.5 Å². The van der Waals surface area contributed by atoms with Crippen LogP contribution < -0.4 is 5.32 Å². The summed E-state index contributed by atoms with van der Waals surface area (Å²) in [7, 11) is 0. The van der Waals surface area contributed by atoms with Gasteiger partial charge in [0.2, 0.25) is 0 Å². The van der Waals surface area contributed by atoms with Gasteiger partial charge in [0, 0.05) is 12.1 Å². The fourth-order valence-corrected chi connectivity index (χ4v) is 2.59. The maximum atomic E-state index is 12.1. The van der Waals surface area contributed by atoms with Gasteiger partial charge in [-0.2, -0.15) is 0 Å². The van der Waals surface area contributed by atoms with Gasteiger partial charge in [0.05, 0.1) is 16.5 Å². The smallest absolute Gasteiger partial charge is 0.331 e. The van der Waals surface area contributed by atoms with Gasteiger partial charge in [0.25, 0.3) is 11.6 Å². The average molecular weight is 382 g/mol. The number of amides is 1. The number of carbonyl (C=O) groups is 2. The zero-order chi connectivity index (χ0) is 20.5. The Morgan fingerprint density at radius 2 is 1.86 bits per heavy atom. The van der Waals surface area contributed by atoms with Gasteiger partial charge in [-0.25, -0.2) is 4.79 Å². The highest BCUT2D eigenvalue weighted by Gasteiger charge is 2.14. The molecule has 0 heterocycles. The number of hydrogen-bond acceptors (Lipinski definition) is 5. The highest BCUT2D eigenvalue weighted by atomic mass is 16.6. The number of rotatable bonds is 8. The summed E-state index contributed by atoms with van der Waals surface area (Å²) in [5.41, 5.74) is 2.26. The number of nitrogens with one attached hydrogen (secondary N) is 1. The van der Waals surface area contributed by atoms with E-state index in [2.05, 4.69) is 5.32 Å². The van der Waals surface area contributed by atoms with Gasteiger partial charge in [-0.15, -0.1) is 0 Å². The molecule has 7 nitrogen and oxygen atoms in total. The van der Waals surface area contributed by atoms with Crippen LogP contribution in [0, 0.1) is 17.0 Å². The number of hydrogen-bond donors (Lipinski definition) is 1. The van der Waals surface area contributed by atoms with Gasteiger partial charge in [0.15, 0.2) is 6.61 Å². The quantitative estimate of drug-likeness (QED) is 0.325. The highest BCUT2D eigenvalue weighted by Crippen LogP contribution is 2.19. The molecule has 0 fully saturated rings. The first-order chi connectivity index (χ1) is 13.4. The van der Waals surface area contributed by atoms with Gasteiger partial charge in [0.1, 0.15) is 0 Å². The van der Waals surface area contributed by atoms with Crippen molar-refractivity contribution >= 4 is 23.6 Å². The Morgan fingerprint density at radius 3 is 2.50 bits per heavy atom. The van der Waals surface area contributed by atoms with E-state index in [1.807, 2.05) is 38.1 Å². The predicted octanol–water partition coefficient (Wildman–Crippen LogP) is 3.73. The van der Waals surface area contributed by atoms with Crippen LogP contribution in [0.4, 0.5) is 5.69 Å². The summed E-state index contributed by atoms with van der Waals surface area (Å²) in [6.07, 6.45) is 3.05. The van der Waals surface area contributed by atoms with Crippen molar-refractivity contribution in [1.29, 1.82) is 0 Å². The normalized spacial score (nSPS) is 11.8. The van der Waals surface area contributed by atoms with Crippen LogP contribution in [0.2, 0.25) is 0 Å². The molecule has 0 saturated heterocycles. The van der Waals surface area contributed by atoms with E-state index in [0.717, 1.165) is 17.2 Å². The Bertz CT molecular complexity index is 875. The maximum Gasteiger partial charge on any atom is 0.331 e. The molecule has 0 aromatic heterocycles. The molecule has 0 saturated carbocycles. The SMILES string of the molecule is CC[C@@H](NC(=O)COC(=O)/C=C/c1ccccc1[N+](=O)[O-])c1ccc(C)cc1. The lowest BCUT2D eigenvalue weighted by molar-refractivity contribution is -0.385. The molecule has 1 atom stereocenters. The molecule has 2 aromatic rings. The molecule has 1 amide bonds. The van der Waals surface area contributed by atoms with E-state index in [1.165, 1.54) is 24.3 Å². The van der Waals surface area contributed by atoms with Crippen molar-refractivity contribution in [2.24, 2.45) is 0 Å². The van der Waals surface area contributed by atoms with Gasteiger partial charge in [-0.05, 0) is 31.1 Å². The third kappa shape index (κ3) is 6.05.